The molecule has 0 saturated heterocycles. The molecule has 0 N–H and O–H groups in total. The summed E-state index contributed by atoms with van der Waals surface area (Å²) in [4.78, 5) is 2.39. The summed E-state index contributed by atoms with van der Waals surface area (Å²) >= 11 is 11.9. The molecule has 1 aliphatic rings. The van der Waals surface area contributed by atoms with Gasteiger partial charge < -0.3 is 9.47 Å². The molecule has 0 amide bonds. The lowest BCUT2D eigenvalue weighted by Crippen LogP contribution is -2.25. The van der Waals surface area contributed by atoms with Crippen molar-refractivity contribution in [1.82, 2.24) is 14.0 Å². The van der Waals surface area contributed by atoms with Crippen LogP contribution in [0.2, 0.25) is 5.02 Å². The minimum Gasteiger partial charge on any atom is -0.322 e. The number of likely N-dealkylation sites (N-methyl/N-ethyl adjacent to an activating group) is 1. The molecule has 0 bridgehead atoms. The van der Waals surface area contributed by atoms with E-state index in [1.807, 2.05) is 36.4 Å². The van der Waals surface area contributed by atoms with Crippen LogP contribution in [0.25, 0.3) is 5.69 Å². The number of hydrogen-bond acceptors (Lipinski definition) is 2. The van der Waals surface area contributed by atoms with E-state index in [1.165, 1.54) is 25.0 Å². The van der Waals surface area contributed by atoms with Crippen molar-refractivity contribution in [1.29, 1.82) is 0 Å². The van der Waals surface area contributed by atoms with Crippen LogP contribution in [-0.2, 0) is 13.0 Å². The number of imidazole rings is 1. The van der Waals surface area contributed by atoms with Gasteiger partial charge in [0.1, 0.15) is 5.82 Å². The summed E-state index contributed by atoms with van der Waals surface area (Å²) in [5.41, 5.74) is 3.11. The quantitative estimate of drug-likeness (QED) is 0.424. The molecule has 2 aromatic carbocycles. The molecule has 0 aliphatic heterocycles. The Hall–Kier alpha value is -1.95. The number of halogens is 2. The normalized spacial score (nSPS) is 13.9. The van der Waals surface area contributed by atoms with Gasteiger partial charge in [-0.1, -0.05) is 23.7 Å². The maximum atomic E-state index is 13.3. The molecule has 1 saturated carbocycles. The first-order valence-electron chi connectivity index (χ1n) is 9.99. The van der Waals surface area contributed by atoms with Crippen LogP contribution in [0.15, 0.2) is 54.7 Å². The van der Waals surface area contributed by atoms with E-state index in [2.05, 4.69) is 27.3 Å². The molecule has 1 heterocycles. The van der Waals surface area contributed by atoms with Gasteiger partial charge in [0.25, 0.3) is 0 Å². The van der Waals surface area contributed by atoms with Crippen LogP contribution in [0.5, 0.6) is 0 Å². The van der Waals surface area contributed by atoms with Crippen molar-refractivity contribution in [2.24, 2.45) is 5.92 Å². The lowest BCUT2D eigenvalue weighted by atomic mass is 10.1. The minimum atomic E-state index is -0.223. The minimum absolute atomic E-state index is 0.223. The third-order valence-electron chi connectivity index (χ3n) is 5.40. The van der Waals surface area contributed by atoms with Crippen LogP contribution in [0, 0.1) is 16.5 Å². The lowest BCUT2D eigenvalue weighted by molar-refractivity contribution is 0.305. The Balaban J connectivity index is 1.62. The van der Waals surface area contributed by atoms with Crippen molar-refractivity contribution in [2.75, 3.05) is 20.1 Å². The number of hydrogen-bond donors (Lipinski definition) is 0. The van der Waals surface area contributed by atoms with E-state index in [0.29, 0.717) is 11.4 Å². The number of benzene rings is 2. The topological polar surface area (TPSA) is 13.1 Å². The molecule has 0 unspecified atom stereocenters. The molecule has 1 aliphatic carbocycles. The molecule has 0 radical (unpaired) electrons. The SMILES string of the molecule is CN(CCn1cc(Cc2ccc(F)cc2)n(-c2ccc(Cl)cc2)c1=S)CC1CC1. The largest absolute Gasteiger partial charge is 0.322 e. The van der Waals surface area contributed by atoms with Crippen molar-refractivity contribution in [3.8, 4) is 5.69 Å². The Kier molecular flexibility index (Phi) is 6.18. The van der Waals surface area contributed by atoms with Crippen molar-refractivity contribution >= 4 is 23.8 Å². The molecule has 6 heteroatoms. The summed E-state index contributed by atoms with van der Waals surface area (Å²) < 4.78 is 18.3. The Morgan fingerprint density at radius 1 is 1.10 bits per heavy atom. The van der Waals surface area contributed by atoms with Gasteiger partial charge in [0.15, 0.2) is 4.77 Å². The average molecular weight is 430 g/mol. The summed E-state index contributed by atoms with van der Waals surface area (Å²) in [7, 11) is 2.18. The van der Waals surface area contributed by atoms with E-state index >= 15 is 0 Å². The Labute approximate surface area is 181 Å². The molecule has 0 atom stereocenters. The highest BCUT2D eigenvalue weighted by molar-refractivity contribution is 7.71. The molecule has 152 valence electrons. The van der Waals surface area contributed by atoms with Crippen LogP contribution < -0.4 is 0 Å². The van der Waals surface area contributed by atoms with Crippen molar-refractivity contribution in [3.63, 3.8) is 0 Å². The van der Waals surface area contributed by atoms with Crippen LogP contribution in [-0.4, -0.2) is 34.2 Å². The molecule has 1 fully saturated rings. The Morgan fingerprint density at radius 3 is 2.45 bits per heavy atom. The Bertz CT molecular complexity index is 1020. The van der Waals surface area contributed by atoms with E-state index in [4.69, 9.17) is 23.8 Å². The molecule has 3 aromatic rings. The summed E-state index contributed by atoms with van der Waals surface area (Å²) in [5.74, 6) is 0.653. The fourth-order valence-electron chi connectivity index (χ4n) is 3.62. The van der Waals surface area contributed by atoms with Crippen LogP contribution in [0.3, 0.4) is 0 Å². The first-order chi connectivity index (χ1) is 14.0. The fourth-order valence-corrected chi connectivity index (χ4v) is 4.11. The van der Waals surface area contributed by atoms with E-state index in [-0.39, 0.29) is 5.82 Å². The van der Waals surface area contributed by atoms with E-state index in [9.17, 15) is 4.39 Å². The standard InChI is InChI=1S/C23H25ClFN3S/c1-26(15-18-2-3-18)12-13-27-16-22(14-17-4-8-20(25)9-5-17)28(23(27)29)21-10-6-19(24)7-11-21/h4-11,16,18H,2-3,12-15H2,1H3. The second-order valence-electron chi connectivity index (χ2n) is 7.92. The summed E-state index contributed by atoms with van der Waals surface area (Å²) in [6.07, 6.45) is 5.53. The van der Waals surface area contributed by atoms with Gasteiger partial charge in [-0.05, 0) is 80.0 Å². The first-order valence-corrected chi connectivity index (χ1v) is 10.8. The van der Waals surface area contributed by atoms with E-state index < -0.39 is 0 Å². The number of nitrogens with zero attached hydrogens (tertiary/aromatic N) is 3. The summed E-state index contributed by atoms with van der Waals surface area (Å²) in [6, 6.07) is 14.4. The average Bonchev–Trinajstić information content (AvgIpc) is 3.46. The third kappa shape index (κ3) is 5.16. The van der Waals surface area contributed by atoms with Gasteiger partial charge in [-0.15, -0.1) is 0 Å². The van der Waals surface area contributed by atoms with Gasteiger partial charge in [-0.3, -0.25) is 4.57 Å². The third-order valence-corrected chi connectivity index (χ3v) is 6.07. The molecule has 1 aromatic heterocycles. The van der Waals surface area contributed by atoms with Crippen molar-refractivity contribution < 1.29 is 4.39 Å². The molecule has 3 nitrogen and oxygen atoms in total. The zero-order chi connectivity index (χ0) is 20.4. The number of aromatic nitrogens is 2. The summed E-state index contributed by atoms with van der Waals surface area (Å²) in [6.45, 7) is 2.97. The highest BCUT2D eigenvalue weighted by Gasteiger charge is 2.22. The van der Waals surface area contributed by atoms with E-state index in [0.717, 1.165) is 47.3 Å². The number of rotatable bonds is 8. The molecule has 4 rings (SSSR count). The van der Waals surface area contributed by atoms with Crippen LogP contribution in [0.4, 0.5) is 4.39 Å². The second-order valence-corrected chi connectivity index (χ2v) is 8.72. The van der Waals surface area contributed by atoms with E-state index in [1.54, 1.807) is 0 Å². The second kappa shape index (κ2) is 8.82. The highest BCUT2D eigenvalue weighted by Crippen LogP contribution is 2.29. The first kappa shape index (κ1) is 20.3. The summed E-state index contributed by atoms with van der Waals surface area (Å²) in [5, 5.41) is 0.696. The van der Waals surface area contributed by atoms with Gasteiger partial charge in [-0.25, -0.2) is 4.39 Å². The van der Waals surface area contributed by atoms with Crippen LogP contribution >= 0.6 is 23.8 Å². The Morgan fingerprint density at radius 2 is 1.79 bits per heavy atom. The van der Waals surface area contributed by atoms with Gasteiger partial charge in [-0.2, -0.15) is 0 Å². The molecule has 29 heavy (non-hydrogen) atoms. The fraction of sp³-hybridized carbons (Fsp3) is 0.348. The zero-order valence-electron chi connectivity index (χ0n) is 16.5. The van der Waals surface area contributed by atoms with Gasteiger partial charge >= 0.3 is 0 Å². The highest BCUT2D eigenvalue weighted by atomic mass is 35.5. The van der Waals surface area contributed by atoms with Crippen LogP contribution in [0.1, 0.15) is 24.1 Å². The van der Waals surface area contributed by atoms with Crippen molar-refractivity contribution in [2.45, 2.75) is 25.8 Å². The maximum Gasteiger partial charge on any atom is 0.184 e. The molecule has 0 spiro atoms. The molecular weight excluding hydrogens is 405 g/mol. The van der Waals surface area contributed by atoms with Gasteiger partial charge in [0.05, 0.1) is 0 Å². The smallest absolute Gasteiger partial charge is 0.184 e. The van der Waals surface area contributed by atoms with Crippen molar-refractivity contribution in [3.05, 3.63) is 81.6 Å². The van der Waals surface area contributed by atoms with Gasteiger partial charge in [0.2, 0.25) is 0 Å². The van der Waals surface area contributed by atoms with Gasteiger partial charge in [0, 0.05) is 48.7 Å². The zero-order valence-corrected chi connectivity index (χ0v) is 18.1. The maximum absolute atomic E-state index is 13.3. The molecular formula is C23H25ClFN3S. The predicted octanol–water partition coefficient (Wildman–Crippen LogP) is 5.73. The predicted molar refractivity (Wildman–Crippen MR) is 119 cm³/mol. The monoisotopic (exact) mass is 429 g/mol. The lowest BCUT2D eigenvalue weighted by Gasteiger charge is -2.16.